The second-order valence-electron chi connectivity index (χ2n) is 5.39. The first-order chi connectivity index (χ1) is 12.4. The summed E-state index contributed by atoms with van der Waals surface area (Å²) in [6.07, 6.45) is 2.61. The van der Waals surface area contributed by atoms with E-state index in [-0.39, 0.29) is 23.8 Å². The highest BCUT2D eigenvalue weighted by Gasteiger charge is 2.12. The number of aromatic nitrogens is 2. The molecule has 1 aromatic heterocycles. The standard InChI is InChI=1S/C16H19ClN6O3/c1-9(2)22-16(24)23-13-5-4-10(6-12(13)17)26-15-11(7-21-25-3)14(18)19-8-20-15/h4-9H,1-3H3,(H2,18,19,20)(H2,22,23,24). The minimum Gasteiger partial charge on any atom is -0.438 e. The highest BCUT2D eigenvalue weighted by atomic mass is 35.5. The number of nitrogens with zero attached hydrogens (tertiary/aromatic N) is 3. The van der Waals surface area contributed by atoms with Crippen molar-refractivity contribution in [3.8, 4) is 11.6 Å². The van der Waals surface area contributed by atoms with Gasteiger partial charge in [0.05, 0.1) is 16.9 Å². The van der Waals surface area contributed by atoms with Crippen LogP contribution in [0.2, 0.25) is 5.02 Å². The second-order valence-corrected chi connectivity index (χ2v) is 5.80. The number of benzene rings is 1. The summed E-state index contributed by atoms with van der Waals surface area (Å²) in [6, 6.07) is 4.45. The van der Waals surface area contributed by atoms with Crippen molar-refractivity contribution in [2.75, 3.05) is 18.2 Å². The maximum absolute atomic E-state index is 11.8. The lowest BCUT2D eigenvalue weighted by molar-refractivity contribution is 0.215. The van der Waals surface area contributed by atoms with E-state index in [9.17, 15) is 4.79 Å². The molecule has 26 heavy (non-hydrogen) atoms. The molecule has 0 saturated carbocycles. The number of hydrogen-bond acceptors (Lipinski definition) is 7. The predicted octanol–water partition coefficient (Wildman–Crippen LogP) is 3.01. The van der Waals surface area contributed by atoms with Gasteiger partial charge in [0.2, 0.25) is 5.88 Å². The second kappa shape index (κ2) is 8.86. The summed E-state index contributed by atoms with van der Waals surface area (Å²) in [5, 5.41) is 9.32. The number of amides is 2. The number of hydrogen-bond donors (Lipinski definition) is 3. The van der Waals surface area contributed by atoms with Crippen LogP contribution < -0.4 is 21.1 Å². The maximum Gasteiger partial charge on any atom is 0.319 e. The van der Waals surface area contributed by atoms with Gasteiger partial charge in [-0.3, -0.25) is 0 Å². The fraction of sp³-hybridized carbons (Fsp3) is 0.250. The molecule has 0 atom stereocenters. The van der Waals surface area contributed by atoms with Crippen LogP contribution in [0.1, 0.15) is 19.4 Å². The number of oxime groups is 1. The number of halogens is 1. The fourth-order valence-corrected chi connectivity index (χ4v) is 2.11. The third-order valence-electron chi connectivity index (χ3n) is 2.99. The van der Waals surface area contributed by atoms with E-state index < -0.39 is 0 Å². The largest absolute Gasteiger partial charge is 0.438 e. The van der Waals surface area contributed by atoms with Crippen molar-refractivity contribution >= 4 is 35.4 Å². The lowest BCUT2D eigenvalue weighted by atomic mass is 10.3. The first-order valence-corrected chi connectivity index (χ1v) is 8.00. The van der Waals surface area contributed by atoms with Crippen LogP contribution in [0.25, 0.3) is 0 Å². The van der Waals surface area contributed by atoms with Gasteiger partial charge in [0, 0.05) is 12.1 Å². The van der Waals surface area contributed by atoms with E-state index in [1.165, 1.54) is 19.7 Å². The number of carbonyl (C=O) groups is 1. The number of ether oxygens (including phenoxy) is 1. The van der Waals surface area contributed by atoms with Gasteiger partial charge in [-0.1, -0.05) is 16.8 Å². The number of nitrogen functional groups attached to an aromatic ring is 1. The topological polar surface area (TPSA) is 124 Å². The smallest absolute Gasteiger partial charge is 0.319 e. The van der Waals surface area contributed by atoms with Crippen LogP contribution in [-0.2, 0) is 4.84 Å². The minimum atomic E-state index is -0.350. The lowest BCUT2D eigenvalue weighted by Crippen LogP contribution is -2.34. The van der Waals surface area contributed by atoms with Gasteiger partial charge in [0.25, 0.3) is 0 Å². The molecule has 0 saturated heterocycles. The van der Waals surface area contributed by atoms with Crippen LogP contribution in [0.3, 0.4) is 0 Å². The van der Waals surface area contributed by atoms with Crippen molar-refractivity contribution in [3.05, 3.63) is 35.1 Å². The van der Waals surface area contributed by atoms with Crippen molar-refractivity contribution in [1.82, 2.24) is 15.3 Å². The molecule has 138 valence electrons. The Morgan fingerprint density at radius 1 is 1.38 bits per heavy atom. The van der Waals surface area contributed by atoms with Gasteiger partial charge in [0.15, 0.2) is 0 Å². The van der Waals surface area contributed by atoms with Gasteiger partial charge in [0.1, 0.15) is 30.6 Å². The number of carbonyl (C=O) groups excluding carboxylic acids is 1. The first-order valence-electron chi connectivity index (χ1n) is 7.62. The van der Waals surface area contributed by atoms with E-state index in [4.69, 9.17) is 22.1 Å². The van der Waals surface area contributed by atoms with Crippen molar-refractivity contribution in [2.24, 2.45) is 5.16 Å². The van der Waals surface area contributed by atoms with Gasteiger partial charge in [-0.2, -0.15) is 0 Å². The minimum absolute atomic E-state index is 0.00629. The highest BCUT2D eigenvalue weighted by Crippen LogP contribution is 2.30. The Kier molecular flexibility index (Phi) is 6.56. The van der Waals surface area contributed by atoms with Crippen molar-refractivity contribution in [3.63, 3.8) is 0 Å². The SMILES string of the molecule is CON=Cc1c(N)ncnc1Oc1ccc(NC(=O)NC(C)C)c(Cl)c1. The monoisotopic (exact) mass is 378 g/mol. The van der Waals surface area contributed by atoms with E-state index >= 15 is 0 Å². The summed E-state index contributed by atoms with van der Waals surface area (Å²) < 4.78 is 5.70. The number of nitrogens with one attached hydrogen (secondary N) is 2. The van der Waals surface area contributed by atoms with Crippen LogP contribution in [0, 0.1) is 0 Å². The van der Waals surface area contributed by atoms with Crippen LogP contribution in [0.15, 0.2) is 29.7 Å². The van der Waals surface area contributed by atoms with Gasteiger partial charge in [-0.05, 0) is 26.0 Å². The maximum atomic E-state index is 11.8. The van der Waals surface area contributed by atoms with Crippen LogP contribution in [0.5, 0.6) is 11.6 Å². The molecule has 9 nitrogen and oxygen atoms in total. The summed E-state index contributed by atoms with van der Waals surface area (Å²) in [6.45, 7) is 3.71. The van der Waals surface area contributed by atoms with E-state index in [0.717, 1.165) is 0 Å². The quantitative estimate of drug-likeness (QED) is 0.524. The molecule has 4 N–H and O–H groups in total. The van der Waals surface area contributed by atoms with Gasteiger partial charge >= 0.3 is 6.03 Å². The Bertz CT molecular complexity index is 813. The number of urea groups is 1. The summed E-state index contributed by atoms with van der Waals surface area (Å²) in [5.41, 5.74) is 6.62. The van der Waals surface area contributed by atoms with Crippen molar-refractivity contribution in [2.45, 2.75) is 19.9 Å². The molecule has 10 heteroatoms. The average Bonchev–Trinajstić information content (AvgIpc) is 2.56. The Hall–Kier alpha value is -3.07. The predicted molar refractivity (Wildman–Crippen MR) is 99.9 cm³/mol. The number of anilines is 2. The molecular weight excluding hydrogens is 360 g/mol. The summed E-state index contributed by atoms with van der Waals surface area (Å²) in [5.74, 6) is 0.771. The van der Waals surface area contributed by atoms with E-state index in [0.29, 0.717) is 22.0 Å². The van der Waals surface area contributed by atoms with Crippen molar-refractivity contribution < 1.29 is 14.4 Å². The molecule has 0 radical (unpaired) electrons. The van der Waals surface area contributed by atoms with Crippen LogP contribution >= 0.6 is 11.6 Å². The third kappa shape index (κ3) is 5.21. The molecule has 0 spiro atoms. The fourth-order valence-electron chi connectivity index (χ4n) is 1.89. The Morgan fingerprint density at radius 3 is 2.81 bits per heavy atom. The molecule has 2 rings (SSSR count). The molecule has 0 unspecified atom stereocenters. The molecule has 2 aromatic rings. The molecule has 2 amide bonds. The van der Waals surface area contributed by atoms with Crippen LogP contribution in [0.4, 0.5) is 16.3 Å². The zero-order valence-corrected chi connectivity index (χ0v) is 15.2. The van der Waals surface area contributed by atoms with Gasteiger partial charge < -0.3 is 25.9 Å². The molecule has 0 aliphatic carbocycles. The lowest BCUT2D eigenvalue weighted by Gasteiger charge is -2.13. The first kappa shape index (κ1) is 19.3. The summed E-state index contributed by atoms with van der Waals surface area (Å²) in [7, 11) is 1.40. The highest BCUT2D eigenvalue weighted by molar-refractivity contribution is 6.33. The zero-order valence-electron chi connectivity index (χ0n) is 14.5. The number of nitrogens with two attached hydrogens (primary N) is 1. The summed E-state index contributed by atoms with van der Waals surface area (Å²) in [4.78, 5) is 24.3. The molecule has 0 fully saturated rings. The van der Waals surface area contributed by atoms with Gasteiger partial charge in [-0.25, -0.2) is 14.8 Å². The average molecular weight is 379 g/mol. The molecule has 1 heterocycles. The van der Waals surface area contributed by atoms with E-state index in [2.05, 4.69) is 30.6 Å². The van der Waals surface area contributed by atoms with Crippen molar-refractivity contribution in [1.29, 1.82) is 0 Å². The third-order valence-corrected chi connectivity index (χ3v) is 3.30. The summed E-state index contributed by atoms with van der Waals surface area (Å²) >= 11 is 6.20. The van der Waals surface area contributed by atoms with E-state index in [1.54, 1.807) is 18.2 Å². The molecule has 0 bridgehead atoms. The zero-order chi connectivity index (χ0) is 19.1. The molecule has 0 aliphatic heterocycles. The Balaban J connectivity index is 2.19. The van der Waals surface area contributed by atoms with E-state index in [1.807, 2.05) is 13.8 Å². The molecule has 1 aromatic carbocycles. The van der Waals surface area contributed by atoms with Gasteiger partial charge in [-0.15, -0.1) is 0 Å². The van der Waals surface area contributed by atoms with Crippen LogP contribution in [-0.4, -0.2) is 35.4 Å². The Labute approximate surface area is 155 Å². The number of rotatable bonds is 6. The molecular formula is C16H19ClN6O3. The molecule has 0 aliphatic rings. The normalized spacial score (nSPS) is 10.8. The Morgan fingerprint density at radius 2 is 2.15 bits per heavy atom.